The molecule has 1 aliphatic rings. The fourth-order valence-electron chi connectivity index (χ4n) is 1.65. The molecule has 1 saturated heterocycles. The van der Waals surface area contributed by atoms with Crippen molar-refractivity contribution in [3.63, 3.8) is 0 Å². The van der Waals surface area contributed by atoms with Gasteiger partial charge in [0.15, 0.2) is 5.82 Å². The third-order valence-electron chi connectivity index (χ3n) is 2.59. The van der Waals surface area contributed by atoms with Gasteiger partial charge in [0.05, 0.1) is 18.4 Å². The molecule has 0 amide bonds. The molecule has 2 unspecified atom stereocenters. The summed E-state index contributed by atoms with van der Waals surface area (Å²) in [5.41, 5.74) is -0.544. The Balaban J connectivity index is 2.39. The van der Waals surface area contributed by atoms with Crippen LogP contribution in [0.2, 0.25) is 0 Å². The Hall–Kier alpha value is -1.05. The molecule has 0 spiro atoms. The van der Waals surface area contributed by atoms with Gasteiger partial charge in [0.25, 0.3) is 0 Å². The maximum Gasteiger partial charge on any atom is 0.328 e. The molecule has 1 aliphatic heterocycles. The molecular weight excluding hydrogens is 235 g/mol. The summed E-state index contributed by atoms with van der Waals surface area (Å²) in [6.45, 7) is 1.69. The first-order valence-corrected chi connectivity index (χ1v) is 5.24. The van der Waals surface area contributed by atoms with Crippen molar-refractivity contribution in [3.05, 3.63) is 27.1 Å². The maximum atomic E-state index is 13.2. The second kappa shape index (κ2) is 4.08. The highest BCUT2D eigenvalue weighted by atomic mass is 32.1. The van der Waals surface area contributed by atoms with E-state index in [0.29, 0.717) is 0 Å². The first-order valence-electron chi connectivity index (χ1n) is 4.83. The van der Waals surface area contributed by atoms with E-state index < -0.39 is 23.8 Å². The van der Waals surface area contributed by atoms with E-state index in [1.807, 2.05) is 0 Å². The van der Waals surface area contributed by atoms with Crippen LogP contribution in [-0.4, -0.2) is 26.9 Å². The first-order chi connectivity index (χ1) is 7.49. The summed E-state index contributed by atoms with van der Waals surface area (Å²) < 4.78 is 19.4. The van der Waals surface area contributed by atoms with Gasteiger partial charge in [-0.05, 0) is 6.92 Å². The van der Waals surface area contributed by atoms with E-state index in [1.54, 1.807) is 6.92 Å². The number of ether oxygens (including phenoxy) is 1. The van der Waals surface area contributed by atoms with Crippen LogP contribution in [0.5, 0.6) is 0 Å². The molecular formula is C9H11FN2O3S. The summed E-state index contributed by atoms with van der Waals surface area (Å²) in [5.74, 6) is -0.688. The highest BCUT2D eigenvalue weighted by Crippen LogP contribution is 2.27. The van der Waals surface area contributed by atoms with Gasteiger partial charge < -0.3 is 9.84 Å². The van der Waals surface area contributed by atoms with Crippen molar-refractivity contribution in [2.24, 2.45) is 0 Å². The smallest absolute Gasteiger partial charge is 0.328 e. The normalized spacial score (nSPS) is 29.6. The molecule has 0 aliphatic carbocycles. The summed E-state index contributed by atoms with van der Waals surface area (Å²) in [6.07, 6.45) is -0.424. The van der Waals surface area contributed by atoms with Gasteiger partial charge in [-0.3, -0.25) is 9.55 Å². The zero-order chi connectivity index (χ0) is 11.9. The van der Waals surface area contributed by atoms with Crippen molar-refractivity contribution in [2.45, 2.75) is 31.8 Å². The lowest BCUT2D eigenvalue weighted by Crippen LogP contribution is -2.27. The fourth-order valence-corrected chi connectivity index (χ4v) is 1.79. The van der Waals surface area contributed by atoms with Crippen LogP contribution in [0, 0.1) is 10.5 Å². The maximum absolute atomic E-state index is 13.2. The molecule has 1 aromatic heterocycles. The van der Waals surface area contributed by atoms with Crippen molar-refractivity contribution in [1.82, 2.24) is 9.55 Å². The lowest BCUT2D eigenvalue weighted by Gasteiger charge is -2.13. The molecule has 16 heavy (non-hydrogen) atoms. The summed E-state index contributed by atoms with van der Waals surface area (Å²) in [5, 5.41) is 9.48. The molecule has 5 nitrogen and oxygen atoms in total. The van der Waals surface area contributed by atoms with Gasteiger partial charge in [-0.25, -0.2) is 9.18 Å². The van der Waals surface area contributed by atoms with Gasteiger partial charge in [0.1, 0.15) is 10.9 Å². The minimum absolute atomic E-state index is 0.229. The van der Waals surface area contributed by atoms with E-state index >= 15 is 0 Å². The summed E-state index contributed by atoms with van der Waals surface area (Å²) >= 11 is 4.59. The summed E-state index contributed by atoms with van der Waals surface area (Å²) in [6, 6.07) is 0. The van der Waals surface area contributed by atoms with E-state index in [0.717, 1.165) is 10.8 Å². The third kappa shape index (κ3) is 1.93. The van der Waals surface area contributed by atoms with Gasteiger partial charge in [-0.1, -0.05) is 12.2 Å². The minimum Gasteiger partial charge on any atom is -0.390 e. The predicted octanol–water partition coefficient (Wildman–Crippen LogP) is 0.713. The van der Waals surface area contributed by atoms with Crippen LogP contribution in [0.4, 0.5) is 4.39 Å². The topological polar surface area (TPSA) is 67.2 Å². The summed E-state index contributed by atoms with van der Waals surface area (Å²) in [4.78, 5) is 13.7. The molecule has 3 atom stereocenters. The summed E-state index contributed by atoms with van der Waals surface area (Å²) in [7, 11) is 0. The highest BCUT2D eigenvalue weighted by Gasteiger charge is 2.32. The van der Waals surface area contributed by atoms with Crippen LogP contribution in [0.15, 0.2) is 11.0 Å². The van der Waals surface area contributed by atoms with Crippen molar-refractivity contribution < 1.29 is 14.2 Å². The van der Waals surface area contributed by atoms with Crippen LogP contribution in [0.1, 0.15) is 19.6 Å². The Morgan fingerprint density at radius 1 is 1.75 bits per heavy atom. The number of hydrogen-bond acceptors (Lipinski definition) is 4. The Bertz CT molecular complexity index is 502. The van der Waals surface area contributed by atoms with Crippen molar-refractivity contribution in [3.8, 4) is 0 Å². The molecule has 7 heteroatoms. The minimum atomic E-state index is -0.688. The Morgan fingerprint density at radius 3 is 3.00 bits per heavy atom. The number of nitrogens with one attached hydrogen (secondary N) is 1. The van der Waals surface area contributed by atoms with Gasteiger partial charge in [-0.2, -0.15) is 0 Å². The van der Waals surface area contributed by atoms with E-state index in [4.69, 9.17) is 4.74 Å². The molecule has 1 fully saturated rings. The van der Waals surface area contributed by atoms with Crippen LogP contribution in [0.3, 0.4) is 0 Å². The quantitative estimate of drug-likeness (QED) is 0.716. The molecule has 0 radical (unpaired) electrons. The van der Waals surface area contributed by atoms with Gasteiger partial charge >= 0.3 is 5.69 Å². The Labute approximate surface area is 95.5 Å². The number of aliphatic hydroxyl groups is 1. The van der Waals surface area contributed by atoms with E-state index in [2.05, 4.69) is 17.2 Å². The van der Waals surface area contributed by atoms with E-state index in [1.165, 1.54) is 0 Å². The molecule has 2 N–H and O–H groups in total. The van der Waals surface area contributed by atoms with Crippen LogP contribution in [-0.2, 0) is 4.74 Å². The molecule has 2 rings (SSSR count). The molecule has 0 bridgehead atoms. The average Bonchev–Trinajstić information content (AvgIpc) is 2.53. The van der Waals surface area contributed by atoms with Crippen molar-refractivity contribution in [2.75, 3.05) is 0 Å². The van der Waals surface area contributed by atoms with Gasteiger partial charge in [0.2, 0.25) is 0 Å². The average molecular weight is 246 g/mol. The van der Waals surface area contributed by atoms with Crippen LogP contribution >= 0.6 is 12.2 Å². The predicted molar refractivity (Wildman–Crippen MR) is 56.1 cm³/mol. The lowest BCUT2D eigenvalue weighted by molar-refractivity contribution is -0.0105. The number of halogens is 1. The number of aromatic amines is 1. The number of hydrogen-bond donors (Lipinski definition) is 2. The van der Waals surface area contributed by atoms with Gasteiger partial charge in [0, 0.05) is 6.42 Å². The zero-order valence-electron chi connectivity index (χ0n) is 8.51. The van der Waals surface area contributed by atoms with Crippen LogP contribution < -0.4 is 5.69 Å². The molecule has 2 heterocycles. The second-order valence-electron chi connectivity index (χ2n) is 3.74. The number of rotatable bonds is 1. The third-order valence-corrected chi connectivity index (χ3v) is 2.89. The van der Waals surface area contributed by atoms with Crippen molar-refractivity contribution in [1.29, 1.82) is 0 Å². The monoisotopic (exact) mass is 246 g/mol. The fraction of sp³-hybridized carbons (Fsp3) is 0.556. The number of aliphatic hydroxyl groups excluding tert-OH is 1. The largest absolute Gasteiger partial charge is 0.390 e. The van der Waals surface area contributed by atoms with Crippen molar-refractivity contribution >= 4 is 12.2 Å². The Kier molecular flexibility index (Phi) is 2.92. The first kappa shape index (κ1) is 11.4. The number of H-pyrrole nitrogens is 1. The zero-order valence-corrected chi connectivity index (χ0v) is 9.33. The molecule has 0 saturated carbocycles. The van der Waals surface area contributed by atoms with E-state index in [9.17, 15) is 14.3 Å². The highest BCUT2D eigenvalue weighted by molar-refractivity contribution is 7.71. The molecule has 88 valence electrons. The lowest BCUT2D eigenvalue weighted by atomic mass is 10.2. The standard InChI is InChI=1S/C9H11FN2O3S/c1-4-6(13)2-7(15-4)12-3-5(10)8(16)11-9(12)14/h3-4,6-7,13H,2H2,1H3,(H,11,14,16)/t4?,6-,7?/m0/s1. The second-order valence-corrected chi connectivity index (χ2v) is 4.15. The number of nitrogens with zero attached hydrogens (tertiary/aromatic N) is 1. The SMILES string of the molecule is CC1OC(n2cc(F)c(=S)[nH]c2=O)C[C@@H]1O. The number of aromatic nitrogens is 2. The molecule has 0 aromatic carbocycles. The molecule has 1 aromatic rings. The van der Waals surface area contributed by atoms with Gasteiger partial charge in [-0.15, -0.1) is 0 Å². The van der Waals surface area contributed by atoms with Crippen LogP contribution in [0.25, 0.3) is 0 Å². The Morgan fingerprint density at radius 2 is 2.44 bits per heavy atom. The van der Waals surface area contributed by atoms with E-state index in [-0.39, 0.29) is 17.2 Å².